The van der Waals surface area contributed by atoms with Crippen LogP contribution in [0.3, 0.4) is 0 Å². The van der Waals surface area contributed by atoms with E-state index in [1.807, 2.05) is 48.5 Å². The van der Waals surface area contributed by atoms with Crippen molar-refractivity contribution in [2.24, 2.45) is 0 Å². The summed E-state index contributed by atoms with van der Waals surface area (Å²) in [5.41, 5.74) is 5.56. The predicted octanol–water partition coefficient (Wildman–Crippen LogP) is 13.7. The number of aromatic nitrogens is 3. The van der Waals surface area contributed by atoms with Crippen LogP contribution < -0.4 is 0 Å². The van der Waals surface area contributed by atoms with Crippen LogP contribution in [0.4, 0.5) is 0 Å². The molecule has 0 aliphatic heterocycles. The van der Waals surface area contributed by atoms with Crippen LogP contribution in [0.25, 0.3) is 77.6 Å². The summed E-state index contributed by atoms with van der Waals surface area (Å²) in [5, 5.41) is 2.58. The molecule has 0 aliphatic rings. The second kappa shape index (κ2) is 16.0. The molecule has 0 unspecified atom stereocenters. The molecule has 0 aliphatic carbocycles. The van der Waals surface area contributed by atoms with Gasteiger partial charge in [0, 0.05) is 64.1 Å². The van der Waals surface area contributed by atoms with E-state index in [0.717, 1.165) is 22.1 Å². The fourth-order valence-corrected chi connectivity index (χ4v) is 6.80. The van der Waals surface area contributed by atoms with Crippen LogP contribution in [0.15, 0.2) is 132 Å². The normalized spacial score (nSPS) is 16.4. The topological polar surface area (TPSA) is 51.8 Å². The Hall–Kier alpha value is -5.74. The maximum absolute atomic E-state index is 8.70. The summed E-state index contributed by atoms with van der Waals surface area (Å²) in [4.78, 5) is 12.9. The molecule has 0 amide bonds. The minimum atomic E-state index is -2.64. The first-order chi connectivity index (χ1) is 33.0. The van der Waals surface area contributed by atoms with Gasteiger partial charge in [-0.1, -0.05) is 111 Å². The van der Waals surface area contributed by atoms with E-state index in [-0.39, 0.29) is 70.3 Å². The summed E-state index contributed by atoms with van der Waals surface area (Å²) in [6, 6.07) is 38.8. The molecule has 285 valence electrons. The number of nitrogens with zero attached hydrogens (tertiary/aromatic N) is 3. The average molecular weight is 935 g/mol. The Morgan fingerprint density at radius 2 is 1.42 bits per heavy atom. The summed E-state index contributed by atoms with van der Waals surface area (Å²) in [6.07, 6.45) is 2.56. The molecule has 4 aromatic heterocycles. The van der Waals surface area contributed by atoms with Crippen molar-refractivity contribution >= 4 is 32.8 Å². The Balaban J connectivity index is 0.000000304. The first-order valence-corrected chi connectivity index (χ1v) is 17.9. The molecule has 1 radical (unpaired) electrons. The van der Waals surface area contributed by atoms with Gasteiger partial charge in [0.25, 0.3) is 0 Å². The van der Waals surface area contributed by atoms with Crippen molar-refractivity contribution in [2.75, 3.05) is 0 Å². The molecule has 0 atom stereocenters. The van der Waals surface area contributed by atoms with E-state index in [4.69, 9.17) is 25.0 Å². The van der Waals surface area contributed by atoms with Crippen LogP contribution in [0, 0.1) is 46.4 Å². The van der Waals surface area contributed by atoms with E-state index in [2.05, 4.69) is 47.9 Å². The van der Waals surface area contributed by atoms with Crippen molar-refractivity contribution < 1.29 is 45.1 Å². The van der Waals surface area contributed by atoms with Crippen molar-refractivity contribution in [1.82, 2.24) is 15.0 Å². The van der Waals surface area contributed by atoms with Crippen LogP contribution >= 0.6 is 0 Å². The van der Waals surface area contributed by atoms with E-state index in [9.17, 15) is 0 Å². The Bertz CT molecular complexity index is 3370. The predicted molar refractivity (Wildman–Crippen MR) is 233 cm³/mol. The number of hydrogen-bond donors (Lipinski definition) is 0. The zero-order chi connectivity index (χ0) is 51.6. The Kier molecular flexibility index (Phi) is 6.97. The molecule has 5 aromatic carbocycles. The van der Waals surface area contributed by atoms with E-state index < -0.39 is 34.3 Å². The molecule has 9 rings (SSSR count). The minimum Gasteiger partial charge on any atom is -0.486 e. The van der Waals surface area contributed by atoms with Crippen LogP contribution in [0.2, 0.25) is 0 Å². The average Bonchev–Trinajstić information content (AvgIpc) is 3.68. The summed E-state index contributed by atoms with van der Waals surface area (Å²) in [5.74, 6) is 0. The number of fused-ring (bicyclic) bond motifs is 4. The van der Waals surface area contributed by atoms with E-state index >= 15 is 0 Å². The number of rotatable bonds is 4. The Morgan fingerprint density at radius 1 is 0.632 bits per heavy atom. The maximum Gasteiger partial charge on any atom is 0.216 e. The Labute approximate surface area is 370 Å². The first kappa shape index (κ1) is 24.8. The van der Waals surface area contributed by atoms with Crippen LogP contribution in [-0.4, -0.2) is 15.0 Å². The quantitative estimate of drug-likeness (QED) is 0.165. The molecule has 5 heteroatoms. The molecule has 0 spiro atoms. The molecule has 57 heavy (non-hydrogen) atoms. The summed E-state index contributed by atoms with van der Waals surface area (Å²) >= 11 is 0. The number of hydrogen-bond acceptors (Lipinski definition) is 4. The third-order valence-corrected chi connectivity index (χ3v) is 9.69. The van der Waals surface area contributed by atoms with Gasteiger partial charge < -0.3 is 14.4 Å². The van der Waals surface area contributed by atoms with Gasteiger partial charge >= 0.3 is 0 Å². The largest absolute Gasteiger partial charge is 0.486 e. The Morgan fingerprint density at radius 3 is 2.12 bits per heavy atom. The second-order valence-corrected chi connectivity index (χ2v) is 14.5. The van der Waals surface area contributed by atoms with E-state index in [1.54, 1.807) is 42.5 Å². The maximum atomic E-state index is 8.70. The molecule has 0 saturated carbocycles. The fraction of sp³-hybridized carbons (Fsp3) is 0.173. The van der Waals surface area contributed by atoms with Gasteiger partial charge in [-0.3, -0.25) is 0 Å². The number of benzene rings is 5. The standard InChI is InChI=1S/C39H33N2O.C13H12N.Ir/c1-23-20-34(26-15-17-27(18-16-26)39(4,5)6)28-10-7-8-11-29(28)36(23)33-21-35(40-22-24(33)2)32-13-9-12-30-31-19-14-25(3)41-38(31)42-37(30)32;1-10-3-6-12(7-4-10)13-8-5-11(2)9-14-13;/h7-12,14-22H,1-6H3;3-6,8-9H,1-2H3;/q2*-1;/i1D3,2D3,3D3;1D3,2D3;. The van der Waals surface area contributed by atoms with Crippen LogP contribution in [-0.2, 0) is 25.5 Å². The molecule has 4 nitrogen and oxygen atoms in total. The van der Waals surface area contributed by atoms with Gasteiger partial charge in [0.05, 0.1) is 5.58 Å². The van der Waals surface area contributed by atoms with Gasteiger partial charge in [0.2, 0.25) is 5.71 Å². The van der Waals surface area contributed by atoms with Crippen molar-refractivity contribution in [3.05, 3.63) is 173 Å². The molecule has 0 bridgehead atoms. The third-order valence-electron chi connectivity index (χ3n) is 9.69. The van der Waals surface area contributed by atoms with E-state index in [1.165, 1.54) is 36.7 Å². The van der Waals surface area contributed by atoms with Crippen molar-refractivity contribution in [3.63, 3.8) is 0 Å². The molecule has 0 saturated heterocycles. The number of pyridine rings is 3. The van der Waals surface area contributed by atoms with Crippen LogP contribution in [0.5, 0.6) is 0 Å². The molecule has 4 heterocycles. The summed E-state index contributed by atoms with van der Waals surface area (Å²) < 4.78 is 125. The zero-order valence-electron chi connectivity index (χ0n) is 46.2. The number of aryl methyl sites for hydroxylation is 5. The van der Waals surface area contributed by atoms with Gasteiger partial charge in [-0.2, -0.15) is 0 Å². The number of furan rings is 1. The minimum absolute atomic E-state index is 0. The van der Waals surface area contributed by atoms with Gasteiger partial charge in [-0.25, -0.2) is 4.98 Å². The van der Waals surface area contributed by atoms with Crippen molar-refractivity contribution in [3.8, 4) is 44.8 Å². The fourth-order valence-electron chi connectivity index (χ4n) is 6.80. The molecular formula is C52H45IrN3O-2. The third kappa shape index (κ3) is 7.96. The smallest absolute Gasteiger partial charge is 0.216 e. The SMILES string of the molecule is [2H]C([2H])([2H])c1c[c-]c(-c2ccc(C([2H])([2H])[2H])cn2)cc1.[2H]C([2H])([2H])c1ccc2c(n1)oc1c(-c3cc(-c4c(C([2H])([2H])[2H])cc(-c5ccc(C(C)(C)C)cc5)c5ccccc45)c(C([2H])([2H])[2H])cn3)[c-]ccc12.[Ir]. The second-order valence-electron chi connectivity index (χ2n) is 14.5. The van der Waals surface area contributed by atoms with Gasteiger partial charge in [-0.05, 0) is 112 Å². The van der Waals surface area contributed by atoms with Crippen molar-refractivity contribution in [2.45, 2.75) is 60.4 Å². The molecule has 0 N–H and O–H groups in total. The van der Waals surface area contributed by atoms with Crippen molar-refractivity contribution in [1.29, 1.82) is 0 Å². The molecule has 9 aromatic rings. The van der Waals surface area contributed by atoms with E-state index in [0.29, 0.717) is 44.3 Å². The van der Waals surface area contributed by atoms with Gasteiger partial charge in [-0.15, -0.1) is 53.6 Å². The van der Waals surface area contributed by atoms with Crippen LogP contribution in [0.1, 0.15) is 74.8 Å². The monoisotopic (exact) mass is 935 g/mol. The zero-order valence-corrected chi connectivity index (χ0v) is 33.6. The molecular weight excluding hydrogens is 875 g/mol. The van der Waals surface area contributed by atoms with Gasteiger partial charge in [0.1, 0.15) is 0 Å². The summed E-state index contributed by atoms with van der Waals surface area (Å²) in [6.45, 7) is -5.64. The summed E-state index contributed by atoms with van der Waals surface area (Å²) in [7, 11) is 0. The molecule has 0 fully saturated rings. The van der Waals surface area contributed by atoms with Gasteiger partial charge in [0.15, 0.2) is 0 Å². The first-order valence-electron chi connectivity index (χ1n) is 25.4.